The van der Waals surface area contributed by atoms with Crippen LogP contribution in [0.1, 0.15) is 11.3 Å². The average molecular weight is 384 g/mol. The number of hydrogen-bond donors (Lipinski definition) is 2. The summed E-state index contributed by atoms with van der Waals surface area (Å²) in [6.07, 6.45) is 3.46. The Kier molecular flexibility index (Phi) is 4.82. The second-order valence-corrected chi connectivity index (χ2v) is 6.63. The van der Waals surface area contributed by atoms with Crippen molar-refractivity contribution in [1.29, 1.82) is 0 Å². The molecule has 0 unspecified atom stereocenters. The summed E-state index contributed by atoms with van der Waals surface area (Å²) < 4.78 is 1.86. The van der Waals surface area contributed by atoms with E-state index >= 15 is 0 Å². The van der Waals surface area contributed by atoms with Crippen molar-refractivity contribution in [3.63, 3.8) is 0 Å². The summed E-state index contributed by atoms with van der Waals surface area (Å²) in [6.45, 7) is 1.91. The number of benzene rings is 1. The van der Waals surface area contributed by atoms with Crippen molar-refractivity contribution in [2.45, 2.75) is 6.92 Å². The van der Waals surface area contributed by atoms with E-state index in [-0.39, 0.29) is 0 Å². The smallest absolute Gasteiger partial charge is 0.195 e. The van der Waals surface area contributed by atoms with Crippen LogP contribution in [0, 0.1) is 6.92 Å². The van der Waals surface area contributed by atoms with Crippen molar-refractivity contribution in [3.8, 4) is 0 Å². The molecule has 23 heavy (non-hydrogen) atoms. The van der Waals surface area contributed by atoms with Crippen LogP contribution in [0.3, 0.4) is 0 Å². The number of thiazole rings is 1. The third kappa shape index (κ3) is 3.48. The second kappa shape index (κ2) is 6.84. The Bertz CT molecular complexity index is 900. The van der Waals surface area contributed by atoms with Crippen LogP contribution in [0.15, 0.2) is 34.9 Å². The monoisotopic (exact) mass is 383 g/mol. The van der Waals surface area contributed by atoms with Crippen LogP contribution in [0.5, 0.6) is 0 Å². The van der Waals surface area contributed by atoms with Gasteiger partial charge in [0.15, 0.2) is 15.2 Å². The highest BCUT2D eigenvalue weighted by molar-refractivity contribution is 7.80. The number of thiocarbonyl (C=S) groups is 1. The molecule has 9 heteroatoms. The Morgan fingerprint density at radius 1 is 1.43 bits per heavy atom. The molecule has 3 aromatic rings. The topological polar surface area (TPSA) is 53.7 Å². The molecular formula is C14H11Cl2N5S2. The molecule has 0 radical (unpaired) electrons. The van der Waals surface area contributed by atoms with Gasteiger partial charge in [0.2, 0.25) is 0 Å². The van der Waals surface area contributed by atoms with Crippen LogP contribution >= 0.6 is 46.8 Å². The minimum atomic E-state index is 0.355. The number of halogens is 2. The Hall–Kier alpha value is -1.67. The van der Waals surface area contributed by atoms with Crippen molar-refractivity contribution in [1.82, 2.24) is 14.8 Å². The molecule has 2 heterocycles. The van der Waals surface area contributed by atoms with Gasteiger partial charge in [0.25, 0.3) is 0 Å². The average Bonchev–Trinajstić information content (AvgIpc) is 3.06. The standard InChI is InChI=1S/C14H11Cl2N5S2/c1-8-9(15)3-2-4-10(8)18-13(22)20-17-7-11-12(16)19-14-21(11)5-6-23-14/h2-7H,1H3,(H2,18,20,22)/b17-7+. The lowest BCUT2D eigenvalue weighted by Gasteiger charge is -2.10. The normalized spacial score (nSPS) is 11.3. The van der Waals surface area contributed by atoms with E-state index < -0.39 is 0 Å². The molecule has 2 aromatic heterocycles. The Balaban J connectivity index is 1.68. The highest BCUT2D eigenvalue weighted by Gasteiger charge is 2.09. The number of nitrogens with one attached hydrogen (secondary N) is 2. The van der Waals surface area contributed by atoms with Gasteiger partial charge in [-0.15, -0.1) is 11.3 Å². The number of nitrogens with zero attached hydrogens (tertiary/aromatic N) is 3. The maximum absolute atomic E-state index is 6.08. The molecule has 0 aliphatic rings. The fourth-order valence-corrected chi connectivity index (χ4v) is 3.27. The first kappa shape index (κ1) is 16.2. The molecule has 0 aliphatic heterocycles. The third-order valence-corrected chi connectivity index (χ3v) is 4.76. The number of fused-ring (bicyclic) bond motifs is 1. The molecule has 0 spiro atoms. The minimum Gasteiger partial charge on any atom is -0.331 e. The van der Waals surface area contributed by atoms with Crippen molar-refractivity contribution in [3.05, 3.63) is 51.2 Å². The predicted octanol–water partition coefficient (Wildman–Crippen LogP) is 4.33. The molecule has 5 nitrogen and oxygen atoms in total. The van der Waals surface area contributed by atoms with E-state index in [1.54, 1.807) is 6.21 Å². The zero-order valence-electron chi connectivity index (χ0n) is 11.9. The van der Waals surface area contributed by atoms with E-state index in [1.165, 1.54) is 11.3 Å². The highest BCUT2D eigenvalue weighted by atomic mass is 35.5. The van der Waals surface area contributed by atoms with Gasteiger partial charge in [-0.05, 0) is 36.8 Å². The van der Waals surface area contributed by atoms with Gasteiger partial charge in [-0.1, -0.05) is 29.3 Å². The highest BCUT2D eigenvalue weighted by Crippen LogP contribution is 2.23. The fraction of sp³-hybridized carbons (Fsp3) is 0.0714. The summed E-state index contributed by atoms with van der Waals surface area (Å²) >= 11 is 18.9. The molecule has 1 aromatic carbocycles. The lowest BCUT2D eigenvalue weighted by atomic mass is 10.2. The van der Waals surface area contributed by atoms with E-state index in [2.05, 4.69) is 20.8 Å². The molecule has 0 fully saturated rings. The number of hydrogen-bond acceptors (Lipinski definition) is 4. The van der Waals surface area contributed by atoms with Gasteiger partial charge >= 0.3 is 0 Å². The van der Waals surface area contributed by atoms with E-state index in [0.717, 1.165) is 16.2 Å². The summed E-state index contributed by atoms with van der Waals surface area (Å²) in [4.78, 5) is 5.04. The molecule has 0 amide bonds. The molecular weight excluding hydrogens is 373 g/mol. The molecule has 0 saturated carbocycles. The first-order chi connectivity index (χ1) is 11.1. The largest absolute Gasteiger partial charge is 0.331 e. The third-order valence-electron chi connectivity index (χ3n) is 3.12. The van der Waals surface area contributed by atoms with E-state index in [9.17, 15) is 0 Å². The van der Waals surface area contributed by atoms with Crippen LogP contribution in [0.2, 0.25) is 10.2 Å². The van der Waals surface area contributed by atoms with E-state index in [1.807, 2.05) is 41.1 Å². The molecule has 118 valence electrons. The van der Waals surface area contributed by atoms with Crippen molar-refractivity contribution >= 4 is 68.7 Å². The molecule has 0 bridgehead atoms. The lowest BCUT2D eigenvalue weighted by Crippen LogP contribution is -2.24. The van der Waals surface area contributed by atoms with E-state index in [4.69, 9.17) is 35.4 Å². The number of anilines is 1. The summed E-state index contributed by atoms with van der Waals surface area (Å²) in [6, 6.07) is 5.56. The Morgan fingerprint density at radius 2 is 2.26 bits per heavy atom. The summed E-state index contributed by atoms with van der Waals surface area (Å²) in [7, 11) is 0. The maximum atomic E-state index is 6.08. The summed E-state index contributed by atoms with van der Waals surface area (Å²) in [5.74, 6) is 0. The van der Waals surface area contributed by atoms with Crippen LogP contribution in [-0.2, 0) is 0 Å². The molecule has 0 atom stereocenters. The zero-order valence-corrected chi connectivity index (χ0v) is 15.0. The molecule has 0 saturated heterocycles. The number of rotatable bonds is 3. The van der Waals surface area contributed by atoms with Gasteiger partial charge in [-0.25, -0.2) is 4.98 Å². The van der Waals surface area contributed by atoms with Crippen LogP contribution in [0.4, 0.5) is 5.69 Å². The molecule has 3 rings (SSSR count). The Morgan fingerprint density at radius 3 is 3.09 bits per heavy atom. The fourth-order valence-electron chi connectivity index (χ4n) is 1.94. The van der Waals surface area contributed by atoms with Gasteiger partial charge in [0, 0.05) is 22.3 Å². The Labute approximate surface area is 151 Å². The van der Waals surface area contributed by atoms with Crippen LogP contribution < -0.4 is 10.7 Å². The van der Waals surface area contributed by atoms with Crippen LogP contribution in [0.25, 0.3) is 4.96 Å². The first-order valence-electron chi connectivity index (χ1n) is 6.52. The van der Waals surface area contributed by atoms with Gasteiger partial charge in [0.05, 0.1) is 6.21 Å². The van der Waals surface area contributed by atoms with Gasteiger partial charge in [-0.3, -0.25) is 9.83 Å². The number of aromatic nitrogens is 2. The van der Waals surface area contributed by atoms with Gasteiger partial charge in [0.1, 0.15) is 5.69 Å². The zero-order chi connectivity index (χ0) is 16.4. The number of hydrazone groups is 1. The molecule has 0 aliphatic carbocycles. The SMILES string of the molecule is Cc1c(Cl)cccc1NC(=S)N/N=C/c1c(Cl)nc2sccn12. The second-order valence-electron chi connectivity index (χ2n) is 4.58. The van der Waals surface area contributed by atoms with Crippen LogP contribution in [-0.4, -0.2) is 20.7 Å². The maximum Gasteiger partial charge on any atom is 0.195 e. The van der Waals surface area contributed by atoms with E-state index in [0.29, 0.717) is 21.0 Å². The predicted molar refractivity (Wildman–Crippen MR) is 101 cm³/mol. The minimum absolute atomic E-state index is 0.355. The molecule has 2 N–H and O–H groups in total. The van der Waals surface area contributed by atoms with Crippen molar-refractivity contribution in [2.24, 2.45) is 5.10 Å². The number of imidazole rings is 1. The first-order valence-corrected chi connectivity index (χ1v) is 8.57. The lowest BCUT2D eigenvalue weighted by molar-refractivity contribution is 1.04. The van der Waals surface area contributed by atoms with Crippen molar-refractivity contribution < 1.29 is 0 Å². The van der Waals surface area contributed by atoms with Crippen molar-refractivity contribution in [2.75, 3.05) is 5.32 Å². The summed E-state index contributed by atoms with van der Waals surface area (Å²) in [5.41, 5.74) is 5.19. The van der Waals surface area contributed by atoms with Gasteiger partial charge < -0.3 is 5.32 Å². The summed E-state index contributed by atoms with van der Waals surface area (Å²) in [5, 5.41) is 10.5. The quantitative estimate of drug-likeness (QED) is 0.401. The van der Waals surface area contributed by atoms with Gasteiger partial charge in [-0.2, -0.15) is 5.10 Å².